The Bertz CT molecular complexity index is 273. The van der Waals surface area contributed by atoms with E-state index >= 15 is 0 Å². The largest absolute Gasteiger partial charge is 0.399 e. The molecule has 0 bridgehead atoms. The molecule has 2 atom stereocenters. The molecule has 0 aromatic carbocycles. The van der Waals surface area contributed by atoms with Crippen LogP contribution >= 0.6 is 0 Å². The third kappa shape index (κ3) is 1.17. The summed E-state index contributed by atoms with van der Waals surface area (Å²) in [6.07, 6.45) is 3.64. The van der Waals surface area contributed by atoms with Crippen molar-refractivity contribution >= 4 is 0 Å². The molecule has 66 valence electrons. The van der Waals surface area contributed by atoms with Gasteiger partial charge < -0.3 is 16.6 Å². The van der Waals surface area contributed by atoms with Crippen LogP contribution in [0.25, 0.3) is 0 Å². The Morgan fingerprint density at radius 2 is 2.33 bits per heavy atom. The van der Waals surface area contributed by atoms with Crippen molar-refractivity contribution in [2.45, 2.75) is 11.8 Å². The van der Waals surface area contributed by atoms with Gasteiger partial charge in [-0.1, -0.05) is 6.08 Å². The predicted octanol–water partition coefficient (Wildman–Crippen LogP) is -1.31. The van der Waals surface area contributed by atoms with Gasteiger partial charge in [-0.2, -0.15) is 0 Å². The van der Waals surface area contributed by atoms with Crippen molar-refractivity contribution in [1.29, 1.82) is 0 Å². The fraction of sp³-hybridized carbons (Fsp3) is 0.333. The third-order valence-corrected chi connectivity index (χ3v) is 1.66. The molecule has 5 N–H and O–H groups in total. The molecule has 1 aliphatic rings. The molecule has 0 aromatic heterocycles. The molecule has 0 spiro atoms. The van der Waals surface area contributed by atoms with Crippen molar-refractivity contribution in [1.82, 2.24) is 0 Å². The molecule has 0 amide bonds. The van der Waals surface area contributed by atoms with Gasteiger partial charge in [0, 0.05) is 11.8 Å². The second-order valence-electron chi connectivity index (χ2n) is 2.57. The first-order valence-electron chi connectivity index (χ1n) is 3.26. The highest BCUT2D eigenvalue weighted by Crippen LogP contribution is 2.18. The van der Waals surface area contributed by atoms with E-state index in [0.29, 0.717) is 0 Å². The lowest BCUT2D eigenvalue weighted by molar-refractivity contribution is -0.609. The van der Waals surface area contributed by atoms with E-state index in [1.807, 2.05) is 0 Å². The van der Waals surface area contributed by atoms with E-state index in [0.717, 1.165) is 6.08 Å². The molecule has 6 nitrogen and oxygen atoms in total. The maximum Gasteiger partial charge on any atom is 0.363 e. The van der Waals surface area contributed by atoms with Gasteiger partial charge in [-0.25, -0.2) is 0 Å². The van der Waals surface area contributed by atoms with Crippen molar-refractivity contribution in [2.24, 2.45) is 11.5 Å². The van der Waals surface area contributed by atoms with Crippen LogP contribution in [0.3, 0.4) is 0 Å². The van der Waals surface area contributed by atoms with Crippen LogP contribution in [0.15, 0.2) is 23.9 Å². The summed E-state index contributed by atoms with van der Waals surface area (Å²) in [6.45, 7) is 0. The summed E-state index contributed by atoms with van der Waals surface area (Å²) in [4.78, 5) is 9.51. The fourth-order valence-electron chi connectivity index (χ4n) is 0.920. The molecule has 0 aromatic rings. The van der Waals surface area contributed by atoms with E-state index in [4.69, 9.17) is 11.5 Å². The normalized spacial score (nSPS) is 34.5. The lowest BCUT2D eigenvalue weighted by atomic mass is 9.99. The SMILES string of the molecule is NC1=CC(O)([N+](=O)[O-])C(N)C=C1. The Morgan fingerprint density at radius 3 is 2.75 bits per heavy atom. The zero-order valence-corrected chi connectivity index (χ0v) is 6.18. The summed E-state index contributed by atoms with van der Waals surface area (Å²) in [5, 5.41) is 19.7. The maximum atomic E-state index is 10.4. The Hall–Kier alpha value is -1.40. The molecule has 2 unspecified atom stereocenters. The summed E-state index contributed by atoms with van der Waals surface area (Å²) in [5.41, 5.74) is 8.43. The standard InChI is InChI=1S/C6H9N3O3/c7-4-1-2-5(8)6(10,3-4)9(11)12/h1-3,5,10H,7-8H2. The topological polar surface area (TPSA) is 115 Å². The van der Waals surface area contributed by atoms with Crippen LogP contribution in [0.5, 0.6) is 0 Å². The van der Waals surface area contributed by atoms with Gasteiger partial charge in [0.15, 0.2) is 0 Å². The van der Waals surface area contributed by atoms with Crippen molar-refractivity contribution in [3.05, 3.63) is 34.0 Å². The van der Waals surface area contributed by atoms with Crippen molar-refractivity contribution in [2.75, 3.05) is 0 Å². The third-order valence-electron chi connectivity index (χ3n) is 1.66. The van der Waals surface area contributed by atoms with Gasteiger partial charge in [0.25, 0.3) is 0 Å². The first-order valence-corrected chi connectivity index (χ1v) is 3.26. The smallest absolute Gasteiger partial charge is 0.363 e. The molecule has 0 saturated carbocycles. The zero-order chi connectivity index (χ0) is 9.35. The fourth-order valence-corrected chi connectivity index (χ4v) is 0.920. The summed E-state index contributed by atoms with van der Waals surface area (Å²) in [5.74, 6) is 0. The molecule has 0 aliphatic heterocycles. The number of nitrogens with zero attached hydrogens (tertiary/aromatic N) is 1. The number of hydrogen-bond acceptors (Lipinski definition) is 5. The minimum Gasteiger partial charge on any atom is -0.399 e. The van der Waals surface area contributed by atoms with E-state index in [9.17, 15) is 15.2 Å². The number of hydrogen-bond donors (Lipinski definition) is 3. The molecule has 0 heterocycles. The van der Waals surface area contributed by atoms with E-state index in [2.05, 4.69) is 0 Å². The van der Waals surface area contributed by atoms with Gasteiger partial charge in [-0.05, 0) is 6.08 Å². The molecule has 0 fully saturated rings. The number of nitrogens with two attached hydrogens (primary N) is 2. The molecule has 0 radical (unpaired) electrons. The summed E-state index contributed by atoms with van der Waals surface area (Å²) < 4.78 is 0. The second-order valence-corrected chi connectivity index (χ2v) is 2.57. The molecule has 12 heavy (non-hydrogen) atoms. The Balaban J connectivity index is 3.05. The minimum absolute atomic E-state index is 0.135. The van der Waals surface area contributed by atoms with E-state index in [1.54, 1.807) is 0 Å². The van der Waals surface area contributed by atoms with E-state index in [1.165, 1.54) is 12.2 Å². The average Bonchev–Trinajstić information content (AvgIpc) is 1.97. The average molecular weight is 171 g/mol. The molecule has 6 heteroatoms. The first kappa shape index (κ1) is 8.69. The quantitative estimate of drug-likeness (QED) is 0.257. The predicted molar refractivity (Wildman–Crippen MR) is 41.3 cm³/mol. The van der Waals surface area contributed by atoms with Crippen LogP contribution in [0, 0.1) is 10.1 Å². The van der Waals surface area contributed by atoms with Crippen LogP contribution in [0.1, 0.15) is 0 Å². The number of rotatable bonds is 1. The van der Waals surface area contributed by atoms with E-state index < -0.39 is 16.7 Å². The van der Waals surface area contributed by atoms with Gasteiger partial charge in [0.1, 0.15) is 6.04 Å². The van der Waals surface area contributed by atoms with Gasteiger partial charge in [0.05, 0.1) is 4.92 Å². The van der Waals surface area contributed by atoms with E-state index in [-0.39, 0.29) is 5.70 Å². The second kappa shape index (κ2) is 2.58. The molecular formula is C6H9N3O3. The van der Waals surface area contributed by atoms with Gasteiger partial charge in [-0.3, -0.25) is 10.1 Å². The lowest BCUT2D eigenvalue weighted by Crippen LogP contribution is -2.53. The van der Waals surface area contributed by atoms with Crippen LogP contribution in [-0.4, -0.2) is 21.8 Å². The highest BCUT2D eigenvalue weighted by atomic mass is 16.7. The van der Waals surface area contributed by atoms with Crippen molar-refractivity contribution in [3.63, 3.8) is 0 Å². The Kier molecular flexibility index (Phi) is 1.87. The van der Waals surface area contributed by atoms with Crippen molar-refractivity contribution in [3.8, 4) is 0 Å². The number of aliphatic hydroxyl groups is 1. The number of nitro groups is 1. The van der Waals surface area contributed by atoms with Gasteiger partial charge >= 0.3 is 5.72 Å². The van der Waals surface area contributed by atoms with Crippen molar-refractivity contribution < 1.29 is 10.0 Å². The Morgan fingerprint density at radius 1 is 1.75 bits per heavy atom. The summed E-state index contributed by atoms with van der Waals surface area (Å²) in [6, 6.07) is -1.06. The molecular weight excluding hydrogens is 162 g/mol. The van der Waals surface area contributed by atoms with Gasteiger partial charge in [-0.15, -0.1) is 0 Å². The highest BCUT2D eigenvalue weighted by molar-refractivity contribution is 5.27. The van der Waals surface area contributed by atoms with Crippen LogP contribution in [0.4, 0.5) is 0 Å². The first-order chi connectivity index (χ1) is 5.47. The van der Waals surface area contributed by atoms with Crippen LogP contribution in [0.2, 0.25) is 0 Å². The van der Waals surface area contributed by atoms with Crippen LogP contribution in [-0.2, 0) is 0 Å². The number of allylic oxidation sites excluding steroid dienone is 1. The van der Waals surface area contributed by atoms with Crippen LogP contribution < -0.4 is 11.5 Å². The monoisotopic (exact) mass is 171 g/mol. The minimum atomic E-state index is -2.27. The van der Waals surface area contributed by atoms with Gasteiger partial charge in [0.2, 0.25) is 0 Å². The summed E-state index contributed by atoms with van der Waals surface area (Å²) in [7, 11) is 0. The molecule has 1 rings (SSSR count). The Labute approximate surface area is 68.3 Å². The molecule has 0 saturated heterocycles. The summed E-state index contributed by atoms with van der Waals surface area (Å²) >= 11 is 0. The highest BCUT2D eigenvalue weighted by Gasteiger charge is 2.45. The molecule has 1 aliphatic carbocycles. The maximum absolute atomic E-state index is 10.4. The zero-order valence-electron chi connectivity index (χ0n) is 6.18. The lowest BCUT2D eigenvalue weighted by Gasteiger charge is -2.22.